The van der Waals surface area contributed by atoms with E-state index < -0.39 is 0 Å². The molecule has 1 heterocycles. The summed E-state index contributed by atoms with van der Waals surface area (Å²) in [6.45, 7) is 2.79. The standard InChI is InChI=1S/C21H22ClN5O/c1-15(17-10-11-17)26(13-16-6-3-2-4-7-16)20(28)14-27-24-21(23-25-27)18-8-5-9-19(22)12-18/h2-9,12,15,17H,10-11,13-14H2,1H3. The molecule has 28 heavy (non-hydrogen) atoms. The largest absolute Gasteiger partial charge is 0.334 e. The van der Waals surface area contributed by atoms with E-state index in [4.69, 9.17) is 11.6 Å². The number of benzene rings is 2. The van der Waals surface area contributed by atoms with Crippen molar-refractivity contribution in [3.05, 3.63) is 65.2 Å². The zero-order valence-corrected chi connectivity index (χ0v) is 16.5. The van der Waals surface area contributed by atoms with Gasteiger partial charge in [-0.25, -0.2) is 0 Å². The van der Waals surface area contributed by atoms with Gasteiger partial charge in [0.1, 0.15) is 6.54 Å². The highest BCUT2D eigenvalue weighted by Crippen LogP contribution is 2.35. The van der Waals surface area contributed by atoms with Gasteiger partial charge in [-0.2, -0.15) is 4.80 Å². The molecule has 0 saturated heterocycles. The van der Waals surface area contributed by atoms with Crippen molar-refractivity contribution in [3.8, 4) is 11.4 Å². The number of carbonyl (C=O) groups excluding carboxylic acids is 1. The molecule has 1 atom stereocenters. The molecular weight excluding hydrogens is 374 g/mol. The van der Waals surface area contributed by atoms with Crippen molar-refractivity contribution in [1.29, 1.82) is 0 Å². The molecule has 1 fully saturated rings. The Morgan fingerprint density at radius 1 is 1.21 bits per heavy atom. The van der Waals surface area contributed by atoms with Gasteiger partial charge in [-0.1, -0.05) is 54.1 Å². The Hall–Kier alpha value is -2.73. The lowest BCUT2D eigenvalue weighted by Gasteiger charge is -2.29. The van der Waals surface area contributed by atoms with Crippen molar-refractivity contribution in [2.75, 3.05) is 0 Å². The van der Waals surface area contributed by atoms with Crippen LogP contribution < -0.4 is 0 Å². The van der Waals surface area contributed by atoms with E-state index in [9.17, 15) is 4.79 Å². The lowest BCUT2D eigenvalue weighted by Crippen LogP contribution is -2.41. The van der Waals surface area contributed by atoms with E-state index in [2.05, 4.69) is 22.3 Å². The molecule has 3 aromatic rings. The second kappa shape index (κ2) is 8.10. The van der Waals surface area contributed by atoms with Crippen molar-refractivity contribution in [1.82, 2.24) is 25.1 Å². The fourth-order valence-corrected chi connectivity index (χ4v) is 3.53. The van der Waals surface area contributed by atoms with E-state index in [1.165, 1.54) is 17.6 Å². The zero-order valence-electron chi connectivity index (χ0n) is 15.7. The number of hydrogen-bond acceptors (Lipinski definition) is 4. The number of hydrogen-bond donors (Lipinski definition) is 0. The average molecular weight is 396 g/mol. The molecule has 144 valence electrons. The third kappa shape index (κ3) is 4.39. The zero-order chi connectivity index (χ0) is 19.5. The Balaban J connectivity index is 1.49. The molecule has 2 aromatic carbocycles. The molecule has 7 heteroatoms. The monoisotopic (exact) mass is 395 g/mol. The van der Waals surface area contributed by atoms with Crippen molar-refractivity contribution in [2.45, 2.75) is 38.9 Å². The fraction of sp³-hybridized carbons (Fsp3) is 0.333. The normalized spacial score (nSPS) is 14.6. The van der Waals surface area contributed by atoms with Crippen LogP contribution in [0.15, 0.2) is 54.6 Å². The number of amides is 1. The van der Waals surface area contributed by atoms with E-state index in [0.717, 1.165) is 11.1 Å². The summed E-state index contributed by atoms with van der Waals surface area (Å²) >= 11 is 6.03. The second-order valence-corrected chi connectivity index (χ2v) is 7.68. The van der Waals surface area contributed by atoms with Crippen LogP contribution in [0.5, 0.6) is 0 Å². The Morgan fingerprint density at radius 2 is 2.00 bits per heavy atom. The highest BCUT2D eigenvalue weighted by molar-refractivity contribution is 6.30. The van der Waals surface area contributed by atoms with Crippen molar-refractivity contribution in [3.63, 3.8) is 0 Å². The van der Waals surface area contributed by atoms with E-state index >= 15 is 0 Å². The summed E-state index contributed by atoms with van der Waals surface area (Å²) in [6.07, 6.45) is 2.36. The van der Waals surface area contributed by atoms with E-state index in [1.54, 1.807) is 12.1 Å². The second-order valence-electron chi connectivity index (χ2n) is 7.24. The van der Waals surface area contributed by atoms with Crippen LogP contribution in [0.3, 0.4) is 0 Å². The van der Waals surface area contributed by atoms with E-state index in [-0.39, 0.29) is 18.5 Å². The molecule has 1 amide bonds. The minimum atomic E-state index is -0.00158. The van der Waals surface area contributed by atoms with Crippen LogP contribution >= 0.6 is 11.6 Å². The molecule has 1 aliphatic rings. The van der Waals surface area contributed by atoms with E-state index in [0.29, 0.717) is 23.3 Å². The maximum Gasteiger partial charge on any atom is 0.246 e. The maximum atomic E-state index is 13.1. The predicted octanol–water partition coefficient (Wildman–Crippen LogP) is 3.82. The number of nitrogens with zero attached hydrogens (tertiary/aromatic N) is 5. The highest BCUT2D eigenvalue weighted by atomic mass is 35.5. The maximum absolute atomic E-state index is 13.1. The number of halogens is 1. The minimum Gasteiger partial charge on any atom is -0.334 e. The lowest BCUT2D eigenvalue weighted by atomic mass is 10.1. The van der Waals surface area contributed by atoms with Crippen LogP contribution in [0.1, 0.15) is 25.3 Å². The van der Waals surface area contributed by atoms with Gasteiger partial charge in [0.25, 0.3) is 0 Å². The first kappa shape index (κ1) is 18.6. The SMILES string of the molecule is CC(C1CC1)N(Cc1ccccc1)C(=O)Cn1nnc(-c2cccc(Cl)c2)n1. The number of tetrazole rings is 1. The topological polar surface area (TPSA) is 63.9 Å². The van der Waals surface area contributed by atoms with Gasteiger partial charge < -0.3 is 4.90 Å². The van der Waals surface area contributed by atoms with Crippen molar-refractivity contribution >= 4 is 17.5 Å². The van der Waals surface area contributed by atoms with Gasteiger partial charge in [0.2, 0.25) is 11.7 Å². The quantitative estimate of drug-likeness (QED) is 0.610. The molecule has 0 radical (unpaired) electrons. The summed E-state index contributed by atoms with van der Waals surface area (Å²) in [6, 6.07) is 17.5. The number of aromatic nitrogens is 4. The Bertz CT molecular complexity index is 954. The Morgan fingerprint density at radius 3 is 2.71 bits per heavy atom. The van der Waals surface area contributed by atoms with Gasteiger partial charge in [-0.3, -0.25) is 4.79 Å². The lowest BCUT2D eigenvalue weighted by molar-refractivity contribution is -0.135. The van der Waals surface area contributed by atoms with Gasteiger partial charge >= 0.3 is 0 Å². The van der Waals surface area contributed by atoms with Crippen molar-refractivity contribution in [2.24, 2.45) is 5.92 Å². The van der Waals surface area contributed by atoms with E-state index in [1.807, 2.05) is 47.4 Å². The highest BCUT2D eigenvalue weighted by Gasteiger charge is 2.34. The Kier molecular flexibility index (Phi) is 5.39. The number of carbonyl (C=O) groups is 1. The predicted molar refractivity (Wildman–Crippen MR) is 107 cm³/mol. The van der Waals surface area contributed by atoms with Gasteiger partial charge in [0, 0.05) is 23.2 Å². The molecule has 1 aromatic heterocycles. The molecule has 1 unspecified atom stereocenters. The van der Waals surface area contributed by atoms with Crippen LogP contribution in [0.4, 0.5) is 0 Å². The van der Waals surface area contributed by atoms with Crippen LogP contribution in [0, 0.1) is 5.92 Å². The first-order valence-electron chi connectivity index (χ1n) is 9.47. The molecular formula is C21H22ClN5O. The Labute approximate surface area is 169 Å². The van der Waals surface area contributed by atoms with Crippen LogP contribution in [0.25, 0.3) is 11.4 Å². The summed E-state index contributed by atoms with van der Waals surface area (Å²) in [4.78, 5) is 16.4. The molecule has 0 bridgehead atoms. The van der Waals surface area contributed by atoms with Crippen molar-refractivity contribution < 1.29 is 4.79 Å². The van der Waals surface area contributed by atoms with Crippen LogP contribution in [-0.2, 0) is 17.9 Å². The fourth-order valence-electron chi connectivity index (χ4n) is 3.34. The first-order chi connectivity index (χ1) is 13.6. The summed E-state index contributed by atoms with van der Waals surface area (Å²) in [5.74, 6) is 1.04. The van der Waals surface area contributed by atoms with Gasteiger partial charge in [-0.15, -0.1) is 10.2 Å². The van der Waals surface area contributed by atoms with Crippen LogP contribution in [0.2, 0.25) is 5.02 Å². The summed E-state index contributed by atoms with van der Waals surface area (Å²) in [7, 11) is 0. The summed E-state index contributed by atoms with van der Waals surface area (Å²) in [5.41, 5.74) is 1.90. The molecule has 0 spiro atoms. The molecule has 6 nitrogen and oxygen atoms in total. The molecule has 1 aliphatic carbocycles. The summed E-state index contributed by atoms with van der Waals surface area (Å²) in [5, 5.41) is 13.1. The smallest absolute Gasteiger partial charge is 0.246 e. The molecule has 1 saturated carbocycles. The third-order valence-electron chi connectivity index (χ3n) is 5.12. The molecule has 0 N–H and O–H groups in total. The first-order valence-corrected chi connectivity index (χ1v) is 9.85. The van der Waals surface area contributed by atoms with Crippen LogP contribution in [-0.4, -0.2) is 37.1 Å². The minimum absolute atomic E-state index is 0.00158. The average Bonchev–Trinajstić information content (AvgIpc) is 3.45. The van der Waals surface area contributed by atoms with Gasteiger partial charge in [0.05, 0.1) is 0 Å². The van der Waals surface area contributed by atoms with Gasteiger partial charge in [-0.05, 0) is 48.6 Å². The molecule has 0 aliphatic heterocycles. The number of rotatable bonds is 7. The third-order valence-corrected chi connectivity index (χ3v) is 5.36. The summed E-state index contributed by atoms with van der Waals surface area (Å²) < 4.78 is 0. The van der Waals surface area contributed by atoms with Gasteiger partial charge in [0.15, 0.2) is 0 Å². The molecule has 4 rings (SSSR count).